The maximum atomic E-state index is 12.1. The second-order valence-electron chi connectivity index (χ2n) is 5.43. The van der Waals surface area contributed by atoms with Crippen LogP contribution >= 0.6 is 11.6 Å². The highest BCUT2D eigenvalue weighted by Crippen LogP contribution is 2.14. The van der Waals surface area contributed by atoms with Gasteiger partial charge >= 0.3 is 0 Å². The fourth-order valence-electron chi connectivity index (χ4n) is 2.05. The standard InChI is InChI=1S/C17H15ClN4O5/c1-10(19-16(24)11-5-4-6-12(9-11)22(26)27)15(23)20-21-17(25)13-7-2-3-8-14(13)18/h2-10H,1H3,(H,19,24)(H,20,23)(H,21,25). The van der Waals surface area contributed by atoms with Crippen LogP contribution in [-0.4, -0.2) is 28.7 Å². The normalized spacial score (nSPS) is 11.2. The summed E-state index contributed by atoms with van der Waals surface area (Å²) in [5.74, 6) is -1.97. The molecule has 0 aliphatic heterocycles. The number of hydrogen-bond acceptors (Lipinski definition) is 5. The van der Waals surface area contributed by atoms with Crippen LogP contribution in [0.3, 0.4) is 0 Å². The van der Waals surface area contributed by atoms with Gasteiger partial charge in [-0.2, -0.15) is 0 Å². The molecule has 0 aromatic heterocycles. The van der Waals surface area contributed by atoms with E-state index in [1.165, 1.54) is 37.3 Å². The average Bonchev–Trinajstić information content (AvgIpc) is 2.66. The van der Waals surface area contributed by atoms with Crippen LogP contribution in [0.25, 0.3) is 0 Å². The second kappa shape index (κ2) is 8.77. The van der Waals surface area contributed by atoms with Crippen molar-refractivity contribution in [2.75, 3.05) is 0 Å². The Hall–Kier alpha value is -3.46. The van der Waals surface area contributed by atoms with E-state index in [4.69, 9.17) is 11.6 Å². The third-order valence-corrected chi connectivity index (χ3v) is 3.81. The molecule has 1 unspecified atom stereocenters. The van der Waals surface area contributed by atoms with E-state index in [0.29, 0.717) is 0 Å². The molecule has 0 fully saturated rings. The number of carbonyl (C=O) groups excluding carboxylic acids is 3. The fourth-order valence-corrected chi connectivity index (χ4v) is 2.27. The number of benzene rings is 2. The van der Waals surface area contributed by atoms with Crippen LogP contribution in [0.15, 0.2) is 48.5 Å². The first-order valence-electron chi connectivity index (χ1n) is 7.69. The summed E-state index contributed by atoms with van der Waals surface area (Å²) in [4.78, 5) is 46.2. The van der Waals surface area contributed by atoms with Crippen molar-refractivity contribution in [2.24, 2.45) is 0 Å². The van der Waals surface area contributed by atoms with Gasteiger partial charge in [0.15, 0.2) is 0 Å². The monoisotopic (exact) mass is 390 g/mol. The smallest absolute Gasteiger partial charge is 0.271 e. The molecule has 9 nitrogen and oxygen atoms in total. The van der Waals surface area contributed by atoms with E-state index < -0.39 is 28.7 Å². The van der Waals surface area contributed by atoms with Gasteiger partial charge in [-0.3, -0.25) is 35.3 Å². The van der Waals surface area contributed by atoms with Crippen LogP contribution in [-0.2, 0) is 4.79 Å². The molecule has 3 N–H and O–H groups in total. The number of nitro groups is 1. The molecule has 27 heavy (non-hydrogen) atoms. The van der Waals surface area contributed by atoms with Gasteiger partial charge in [-0.1, -0.05) is 29.8 Å². The number of nitrogens with one attached hydrogen (secondary N) is 3. The molecule has 0 bridgehead atoms. The summed E-state index contributed by atoms with van der Waals surface area (Å²) in [7, 11) is 0. The lowest BCUT2D eigenvalue weighted by Crippen LogP contribution is -2.51. The van der Waals surface area contributed by atoms with Gasteiger partial charge in [0.2, 0.25) is 0 Å². The minimum atomic E-state index is -1.01. The van der Waals surface area contributed by atoms with Crippen molar-refractivity contribution < 1.29 is 19.3 Å². The molecular formula is C17H15ClN4O5. The number of carbonyl (C=O) groups is 3. The summed E-state index contributed by atoms with van der Waals surface area (Å²) in [6, 6.07) is 10.4. The molecule has 2 aromatic carbocycles. The van der Waals surface area contributed by atoms with E-state index in [0.717, 1.165) is 6.07 Å². The number of rotatable bonds is 5. The van der Waals surface area contributed by atoms with Gasteiger partial charge in [-0.25, -0.2) is 0 Å². The SMILES string of the molecule is CC(NC(=O)c1cccc([N+](=O)[O-])c1)C(=O)NNC(=O)c1ccccc1Cl. The van der Waals surface area contributed by atoms with E-state index >= 15 is 0 Å². The topological polar surface area (TPSA) is 130 Å². The van der Waals surface area contributed by atoms with Crippen molar-refractivity contribution in [1.29, 1.82) is 0 Å². The number of hydrazine groups is 1. The Kier molecular flexibility index (Phi) is 6.45. The average molecular weight is 391 g/mol. The van der Waals surface area contributed by atoms with Gasteiger partial charge in [-0.15, -0.1) is 0 Å². The first-order chi connectivity index (χ1) is 12.8. The quantitative estimate of drug-likeness (QED) is 0.529. The molecular weight excluding hydrogens is 376 g/mol. The van der Waals surface area contributed by atoms with Crippen molar-refractivity contribution in [3.05, 3.63) is 74.8 Å². The van der Waals surface area contributed by atoms with Crippen LogP contribution in [0.2, 0.25) is 5.02 Å². The molecule has 0 spiro atoms. The first kappa shape index (κ1) is 19.9. The number of nitrogens with zero attached hydrogens (tertiary/aromatic N) is 1. The van der Waals surface area contributed by atoms with Gasteiger partial charge in [-0.05, 0) is 25.1 Å². The number of hydrogen-bond donors (Lipinski definition) is 3. The highest BCUT2D eigenvalue weighted by molar-refractivity contribution is 6.33. The summed E-state index contributed by atoms with van der Waals surface area (Å²) in [5, 5.41) is 13.4. The Morgan fingerprint density at radius 3 is 2.41 bits per heavy atom. The number of nitro benzene ring substituents is 1. The van der Waals surface area contributed by atoms with Gasteiger partial charge < -0.3 is 5.32 Å². The van der Waals surface area contributed by atoms with Crippen molar-refractivity contribution in [3.8, 4) is 0 Å². The van der Waals surface area contributed by atoms with Crippen LogP contribution in [0.4, 0.5) is 5.69 Å². The third-order valence-electron chi connectivity index (χ3n) is 3.48. The zero-order chi connectivity index (χ0) is 20.0. The van der Waals surface area contributed by atoms with Crippen molar-refractivity contribution in [3.63, 3.8) is 0 Å². The molecule has 0 aliphatic rings. The largest absolute Gasteiger partial charge is 0.340 e. The Morgan fingerprint density at radius 2 is 1.74 bits per heavy atom. The Bertz CT molecular complexity index is 902. The highest BCUT2D eigenvalue weighted by Gasteiger charge is 2.19. The maximum absolute atomic E-state index is 12.1. The molecule has 140 valence electrons. The minimum Gasteiger partial charge on any atom is -0.340 e. The maximum Gasteiger partial charge on any atom is 0.271 e. The molecule has 0 radical (unpaired) electrons. The summed E-state index contributed by atoms with van der Waals surface area (Å²) < 4.78 is 0. The van der Waals surface area contributed by atoms with Crippen LogP contribution in [0.1, 0.15) is 27.6 Å². The second-order valence-corrected chi connectivity index (χ2v) is 5.83. The number of non-ortho nitro benzene ring substituents is 1. The van der Waals surface area contributed by atoms with Crippen molar-refractivity contribution in [2.45, 2.75) is 13.0 Å². The van der Waals surface area contributed by atoms with Crippen LogP contribution in [0.5, 0.6) is 0 Å². The van der Waals surface area contributed by atoms with E-state index in [9.17, 15) is 24.5 Å². The molecule has 2 aromatic rings. The van der Waals surface area contributed by atoms with Crippen LogP contribution < -0.4 is 16.2 Å². The van der Waals surface area contributed by atoms with E-state index in [-0.39, 0.29) is 21.8 Å². The van der Waals surface area contributed by atoms with E-state index in [1.54, 1.807) is 12.1 Å². The highest BCUT2D eigenvalue weighted by atomic mass is 35.5. The fraction of sp³-hybridized carbons (Fsp3) is 0.118. The minimum absolute atomic E-state index is 0.0314. The third kappa shape index (κ3) is 5.25. The number of halogens is 1. The lowest BCUT2D eigenvalue weighted by molar-refractivity contribution is -0.384. The predicted molar refractivity (Wildman–Crippen MR) is 97.1 cm³/mol. The van der Waals surface area contributed by atoms with Crippen molar-refractivity contribution >= 4 is 35.0 Å². The summed E-state index contributed by atoms with van der Waals surface area (Å²) in [6.45, 7) is 1.40. The zero-order valence-corrected chi connectivity index (χ0v) is 14.8. The predicted octanol–water partition coefficient (Wildman–Crippen LogP) is 1.83. The molecule has 3 amide bonds. The van der Waals surface area contributed by atoms with Crippen molar-refractivity contribution in [1.82, 2.24) is 16.2 Å². The molecule has 2 rings (SSSR count). The number of amides is 3. The summed E-state index contributed by atoms with van der Waals surface area (Å²) in [5.41, 5.74) is 4.33. The van der Waals surface area contributed by atoms with E-state index in [1.807, 2.05) is 0 Å². The molecule has 0 aliphatic carbocycles. The lowest BCUT2D eigenvalue weighted by Gasteiger charge is -2.15. The zero-order valence-electron chi connectivity index (χ0n) is 14.1. The Labute approximate surface area is 158 Å². The summed E-state index contributed by atoms with van der Waals surface area (Å²) in [6.07, 6.45) is 0. The van der Waals surface area contributed by atoms with Gasteiger partial charge in [0.25, 0.3) is 23.4 Å². The Balaban J connectivity index is 1.92. The lowest BCUT2D eigenvalue weighted by atomic mass is 10.1. The molecule has 1 atom stereocenters. The molecule has 10 heteroatoms. The van der Waals surface area contributed by atoms with Crippen LogP contribution in [0, 0.1) is 10.1 Å². The summed E-state index contributed by atoms with van der Waals surface area (Å²) >= 11 is 5.89. The molecule has 0 saturated heterocycles. The molecule has 0 saturated carbocycles. The van der Waals surface area contributed by atoms with Gasteiger partial charge in [0.1, 0.15) is 6.04 Å². The first-order valence-corrected chi connectivity index (χ1v) is 8.07. The van der Waals surface area contributed by atoms with Gasteiger partial charge in [0.05, 0.1) is 15.5 Å². The van der Waals surface area contributed by atoms with E-state index in [2.05, 4.69) is 16.2 Å². The Morgan fingerprint density at radius 1 is 1.04 bits per heavy atom. The molecule has 0 heterocycles. The van der Waals surface area contributed by atoms with Gasteiger partial charge in [0, 0.05) is 17.7 Å².